The number of hydrogen-bond donors (Lipinski definition) is 2. The summed E-state index contributed by atoms with van der Waals surface area (Å²) in [5.41, 5.74) is 11.1. The van der Waals surface area contributed by atoms with Crippen LogP contribution in [-0.4, -0.2) is 35.8 Å². The van der Waals surface area contributed by atoms with E-state index >= 15 is 0 Å². The van der Waals surface area contributed by atoms with Crippen molar-refractivity contribution in [3.05, 3.63) is 0 Å². The summed E-state index contributed by atoms with van der Waals surface area (Å²) in [6.45, 7) is 4.99. The van der Waals surface area contributed by atoms with Crippen molar-refractivity contribution in [1.82, 2.24) is 4.90 Å². The molecule has 1 aliphatic rings. The van der Waals surface area contributed by atoms with E-state index in [0.29, 0.717) is 19.5 Å². The molecule has 0 radical (unpaired) electrons. The average Bonchev–Trinajstić information content (AvgIpc) is 2.75. The third-order valence-electron chi connectivity index (χ3n) is 3.44. The molecule has 1 rings (SSSR count). The van der Waals surface area contributed by atoms with Gasteiger partial charge in [0.25, 0.3) is 0 Å². The van der Waals surface area contributed by atoms with Gasteiger partial charge in [0.1, 0.15) is 0 Å². The Morgan fingerprint density at radius 3 is 2.56 bits per heavy atom. The predicted molar refractivity (Wildman–Crippen MR) is 61.3 cm³/mol. The van der Waals surface area contributed by atoms with Crippen LogP contribution in [0.15, 0.2) is 0 Å². The lowest BCUT2D eigenvalue weighted by Gasteiger charge is -2.24. The van der Waals surface area contributed by atoms with E-state index in [1.807, 2.05) is 13.8 Å². The first-order valence-corrected chi connectivity index (χ1v) is 5.81. The lowest BCUT2D eigenvalue weighted by molar-refractivity contribution is -0.133. The van der Waals surface area contributed by atoms with E-state index < -0.39 is 6.04 Å². The third-order valence-corrected chi connectivity index (χ3v) is 3.44. The summed E-state index contributed by atoms with van der Waals surface area (Å²) in [6.07, 6.45) is 1.54. The minimum atomic E-state index is -0.461. The van der Waals surface area contributed by atoms with Crippen molar-refractivity contribution in [2.45, 2.75) is 32.7 Å². The van der Waals surface area contributed by atoms with Crippen LogP contribution in [0.4, 0.5) is 0 Å². The first-order chi connectivity index (χ1) is 7.47. The molecule has 0 spiro atoms. The summed E-state index contributed by atoms with van der Waals surface area (Å²) in [4.78, 5) is 24.6. The first-order valence-electron chi connectivity index (χ1n) is 5.81. The highest BCUT2D eigenvalue weighted by molar-refractivity contribution is 5.84. The molecular weight excluding hydrogens is 206 g/mol. The SMILES string of the molecule is CCC(C)[C@H](N)C(=O)N1CCC(C(N)=O)C1. The van der Waals surface area contributed by atoms with Gasteiger partial charge in [-0.15, -0.1) is 0 Å². The molecule has 2 unspecified atom stereocenters. The minimum absolute atomic E-state index is 0.0573. The van der Waals surface area contributed by atoms with Crippen molar-refractivity contribution in [1.29, 1.82) is 0 Å². The van der Waals surface area contributed by atoms with E-state index in [-0.39, 0.29) is 23.7 Å². The van der Waals surface area contributed by atoms with E-state index in [1.165, 1.54) is 0 Å². The lowest BCUT2D eigenvalue weighted by Crippen LogP contribution is -2.46. The second-order valence-electron chi connectivity index (χ2n) is 4.58. The van der Waals surface area contributed by atoms with Gasteiger partial charge in [-0.25, -0.2) is 0 Å². The quantitative estimate of drug-likeness (QED) is 0.690. The molecule has 1 saturated heterocycles. The Kier molecular flexibility index (Phi) is 4.29. The average molecular weight is 227 g/mol. The molecule has 0 aromatic carbocycles. The molecule has 5 heteroatoms. The molecule has 4 N–H and O–H groups in total. The van der Waals surface area contributed by atoms with E-state index in [0.717, 1.165) is 6.42 Å². The number of amides is 2. The van der Waals surface area contributed by atoms with Crippen molar-refractivity contribution >= 4 is 11.8 Å². The maximum atomic E-state index is 12.0. The van der Waals surface area contributed by atoms with Crippen LogP contribution < -0.4 is 11.5 Å². The maximum Gasteiger partial charge on any atom is 0.239 e. The molecule has 0 aromatic heterocycles. The second kappa shape index (κ2) is 5.30. The van der Waals surface area contributed by atoms with Crippen molar-refractivity contribution in [3.8, 4) is 0 Å². The van der Waals surface area contributed by atoms with Gasteiger partial charge in [-0.1, -0.05) is 20.3 Å². The van der Waals surface area contributed by atoms with Crippen LogP contribution in [-0.2, 0) is 9.59 Å². The third kappa shape index (κ3) is 2.72. The Bertz CT molecular complexity index is 280. The van der Waals surface area contributed by atoms with Crippen LogP contribution in [0.2, 0.25) is 0 Å². The van der Waals surface area contributed by atoms with Gasteiger partial charge in [-0.3, -0.25) is 9.59 Å². The van der Waals surface area contributed by atoms with Gasteiger partial charge in [0, 0.05) is 13.1 Å². The molecule has 92 valence electrons. The molecule has 0 bridgehead atoms. The Labute approximate surface area is 96.1 Å². The van der Waals surface area contributed by atoms with Gasteiger partial charge in [-0.2, -0.15) is 0 Å². The largest absolute Gasteiger partial charge is 0.369 e. The number of hydrogen-bond acceptors (Lipinski definition) is 3. The standard InChI is InChI=1S/C11H21N3O2/c1-3-7(2)9(12)11(16)14-5-4-8(6-14)10(13)15/h7-9H,3-6,12H2,1-2H3,(H2,13,15)/t7?,8?,9-/m0/s1. The Balaban J connectivity index is 2.54. The zero-order valence-electron chi connectivity index (χ0n) is 9.98. The number of primary amides is 1. The van der Waals surface area contributed by atoms with Gasteiger partial charge in [-0.05, 0) is 12.3 Å². The van der Waals surface area contributed by atoms with E-state index in [2.05, 4.69) is 0 Å². The van der Waals surface area contributed by atoms with Crippen molar-refractivity contribution in [2.24, 2.45) is 23.3 Å². The molecule has 2 amide bonds. The molecule has 0 aliphatic carbocycles. The molecule has 1 heterocycles. The zero-order chi connectivity index (χ0) is 12.3. The summed E-state index contributed by atoms with van der Waals surface area (Å²) in [7, 11) is 0. The summed E-state index contributed by atoms with van der Waals surface area (Å²) >= 11 is 0. The molecule has 3 atom stereocenters. The summed E-state index contributed by atoms with van der Waals surface area (Å²) in [5, 5.41) is 0. The van der Waals surface area contributed by atoms with Gasteiger partial charge in [0.05, 0.1) is 12.0 Å². The normalized spacial score (nSPS) is 24.2. The van der Waals surface area contributed by atoms with Crippen molar-refractivity contribution in [2.75, 3.05) is 13.1 Å². The van der Waals surface area contributed by atoms with Crippen LogP contribution in [0, 0.1) is 11.8 Å². The van der Waals surface area contributed by atoms with Crippen LogP contribution >= 0.6 is 0 Å². The Morgan fingerprint density at radius 2 is 2.12 bits per heavy atom. The highest BCUT2D eigenvalue weighted by atomic mass is 16.2. The van der Waals surface area contributed by atoms with Crippen molar-refractivity contribution in [3.63, 3.8) is 0 Å². The Morgan fingerprint density at radius 1 is 1.50 bits per heavy atom. The number of nitrogens with zero attached hydrogens (tertiary/aromatic N) is 1. The highest BCUT2D eigenvalue weighted by Gasteiger charge is 2.33. The van der Waals surface area contributed by atoms with E-state index in [9.17, 15) is 9.59 Å². The topological polar surface area (TPSA) is 89.4 Å². The smallest absolute Gasteiger partial charge is 0.239 e. The molecule has 1 fully saturated rings. The van der Waals surface area contributed by atoms with Crippen LogP contribution in [0.25, 0.3) is 0 Å². The number of likely N-dealkylation sites (tertiary alicyclic amines) is 1. The molecule has 5 nitrogen and oxygen atoms in total. The van der Waals surface area contributed by atoms with Crippen LogP contribution in [0.3, 0.4) is 0 Å². The molecular formula is C11H21N3O2. The fourth-order valence-electron chi connectivity index (χ4n) is 1.90. The number of rotatable bonds is 4. The fraction of sp³-hybridized carbons (Fsp3) is 0.818. The number of carbonyl (C=O) groups excluding carboxylic acids is 2. The molecule has 0 saturated carbocycles. The second-order valence-corrected chi connectivity index (χ2v) is 4.58. The summed E-state index contributed by atoms with van der Waals surface area (Å²) < 4.78 is 0. The van der Waals surface area contributed by atoms with E-state index in [1.54, 1.807) is 4.90 Å². The first kappa shape index (κ1) is 13.0. The molecule has 16 heavy (non-hydrogen) atoms. The molecule has 0 aromatic rings. The number of nitrogens with two attached hydrogens (primary N) is 2. The monoisotopic (exact) mass is 227 g/mol. The number of carbonyl (C=O) groups is 2. The summed E-state index contributed by atoms with van der Waals surface area (Å²) in [6, 6.07) is -0.461. The van der Waals surface area contributed by atoms with Gasteiger partial charge in [0.2, 0.25) is 11.8 Å². The predicted octanol–water partition coefficient (Wildman–Crippen LogP) is -0.306. The zero-order valence-corrected chi connectivity index (χ0v) is 9.98. The highest BCUT2D eigenvalue weighted by Crippen LogP contribution is 2.18. The molecule has 1 aliphatic heterocycles. The fourth-order valence-corrected chi connectivity index (χ4v) is 1.90. The van der Waals surface area contributed by atoms with Crippen molar-refractivity contribution < 1.29 is 9.59 Å². The van der Waals surface area contributed by atoms with E-state index in [4.69, 9.17) is 11.5 Å². The van der Waals surface area contributed by atoms with Crippen LogP contribution in [0.1, 0.15) is 26.7 Å². The minimum Gasteiger partial charge on any atom is -0.369 e. The van der Waals surface area contributed by atoms with Crippen LogP contribution in [0.5, 0.6) is 0 Å². The summed E-state index contributed by atoms with van der Waals surface area (Å²) in [5.74, 6) is -0.418. The maximum absolute atomic E-state index is 12.0. The van der Waals surface area contributed by atoms with Gasteiger partial charge >= 0.3 is 0 Å². The van der Waals surface area contributed by atoms with Gasteiger partial charge < -0.3 is 16.4 Å². The Hall–Kier alpha value is -1.10. The van der Waals surface area contributed by atoms with Gasteiger partial charge in [0.15, 0.2) is 0 Å². The lowest BCUT2D eigenvalue weighted by atomic mass is 9.99.